The van der Waals surface area contributed by atoms with Crippen LogP contribution in [0.2, 0.25) is 5.02 Å². The summed E-state index contributed by atoms with van der Waals surface area (Å²) in [6.45, 7) is 4.19. The zero-order chi connectivity index (χ0) is 25.5. The van der Waals surface area contributed by atoms with Gasteiger partial charge in [-0.25, -0.2) is 4.39 Å². The predicted octanol–water partition coefficient (Wildman–Crippen LogP) is 5.07. The zero-order valence-corrected chi connectivity index (χ0v) is 19.1. The van der Waals surface area contributed by atoms with Crippen LogP contribution in [0.4, 0.5) is 23.2 Å². The van der Waals surface area contributed by atoms with Crippen LogP contribution >= 0.6 is 11.6 Å². The Kier molecular flexibility index (Phi) is 6.78. The Morgan fingerprint density at radius 2 is 1.91 bits per heavy atom. The van der Waals surface area contributed by atoms with E-state index in [0.717, 1.165) is 12.1 Å². The van der Waals surface area contributed by atoms with Gasteiger partial charge in [-0.05, 0) is 48.2 Å². The number of aliphatic hydroxyl groups is 1. The number of benzene rings is 2. The van der Waals surface area contributed by atoms with Crippen LogP contribution in [-0.4, -0.2) is 34.8 Å². The van der Waals surface area contributed by atoms with Gasteiger partial charge in [0.05, 0.1) is 5.71 Å². The minimum atomic E-state index is -5.36. The summed E-state index contributed by atoms with van der Waals surface area (Å²) in [6, 6.07) is 7.22. The molecule has 0 saturated carbocycles. The molecule has 0 radical (unpaired) electrons. The van der Waals surface area contributed by atoms with Gasteiger partial charge in [0.25, 0.3) is 5.91 Å². The summed E-state index contributed by atoms with van der Waals surface area (Å²) in [5, 5.41) is 16.5. The number of halogens is 5. The van der Waals surface area contributed by atoms with Crippen molar-refractivity contribution in [3.05, 3.63) is 63.9 Å². The summed E-state index contributed by atoms with van der Waals surface area (Å²) in [6.07, 6.45) is -6.98. The maximum Gasteiger partial charge on any atom is 0.426 e. The van der Waals surface area contributed by atoms with Gasteiger partial charge < -0.3 is 15.3 Å². The van der Waals surface area contributed by atoms with E-state index in [9.17, 15) is 32.3 Å². The smallest absolute Gasteiger partial charge is 0.380 e. The fraction of sp³-hybridized carbons (Fsp3) is 0.348. The molecule has 2 N–H and O–H groups in total. The lowest BCUT2D eigenvalue weighted by Gasteiger charge is -2.37. The van der Waals surface area contributed by atoms with Crippen molar-refractivity contribution in [2.24, 2.45) is 5.16 Å². The topological polar surface area (TPSA) is 88.0 Å². The average Bonchev–Trinajstić information content (AvgIpc) is 2.74. The number of nitrogens with one attached hydrogen (secondary N) is 1. The van der Waals surface area contributed by atoms with E-state index < -0.39 is 41.4 Å². The number of carbonyl (C=O) groups is 2. The summed E-state index contributed by atoms with van der Waals surface area (Å²) in [5.74, 6) is -2.45. The molecule has 1 amide bonds. The van der Waals surface area contributed by atoms with Crippen molar-refractivity contribution in [1.29, 1.82) is 0 Å². The van der Waals surface area contributed by atoms with Crippen molar-refractivity contribution in [3.8, 4) is 0 Å². The quantitative estimate of drug-likeness (QED) is 0.428. The highest BCUT2D eigenvalue weighted by Crippen LogP contribution is 2.43. The fourth-order valence-electron chi connectivity index (χ4n) is 3.83. The largest absolute Gasteiger partial charge is 0.426 e. The number of carbonyl (C=O) groups excluding carboxylic acids is 2. The van der Waals surface area contributed by atoms with Gasteiger partial charge in [0, 0.05) is 28.3 Å². The number of aldehydes is 1. The summed E-state index contributed by atoms with van der Waals surface area (Å²) < 4.78 is 55.8. The molecule has 2 unspecified atom stereocenters. The third-order valence-corrected chi connectivity index (χ3v) is 5.96. The molecular formula is C23H21ClF4N2O4. The molecule has 0 saturated heterocycles. The van der Waals surface area contributed by atoms with Crippen LogP contribution in [0.25, 0.3) is 0 Å². The van der Waals surface area contributed by atoms with Crippen LogP contribution in [-0.2, 0) is 19.8 Å². The van der Waals surface area contributed by atoms with Crippen LogP contribution in [0, 0.1) is 5.82 Å². The molecule has 1 heterocycles. The number of anilines is 1. The Balaban J connectivity index is 1.95. The van der Waals surface area contributed by atoms with Crippen LogP contribution < -0.4 is 5.32 Å². The lowest BCUT2D eigenvalue weighted by atomic mass is 9.74. The van der Waals surface area contributed by atoms with Gasteiger partial charge in [0.1, 0.15) is 5.82 Å². The van der Waals surface area contributed by atoms with E-state index in [0.29, 0.717) is 23.1 Å². The average molecular weight is 501 g/mol. The number of amides is 1. The summed E-state index contributed by atoms with van der Waals surface area (Å²) in [7, 11) is 0. The first-order valence-electron chi connectivity index (χ1n) is 10.1. The minimum Gasteiger partial charge on any atom is -0.380 e. The Morgan fingerprint density at radius 3 is 2.53 bits per heavy atom. The fourth-order valence-corrected chi connectivity index (χ4v) is 4.20. The van der Waals surface area contributed by atoms with Crippen molar-refractivity contribution in [2.75, 3.05) is 5.32 Å². The maximum absolute atomic E-state index is 14.0. The molecule has 2 aromatic rings. The monoisotopic (exact) mass is 500 g/mol. The second-order valence-electron chi connectivity index (χ2n) is 8.64. The lowest BCUT2D eigenvalue weighted by molar-refractivity contribution is -0.254. The van der Waals surface area contributed by atoms with Crippen molar-refractivity contribution < 1.29 is 37.1 Å². The summed E-state index contributed by atoms with van der Waals surface area (Å²) >= 11 is 6.06. The van der Waals surface area contributed by atoms with Gasteiger partial charge in [-0.3, -0.25) is 9.59 Å². The second kappa shape index (κ2) is 8.99. The first-order chi connectivity index (χ1) is 15.7. The van der Waals surface area contributed by atoms with E-state index >= 15 is 0 Å². The molecule has 1 aliphatic heterocycles. The number of hydrogen-bond donors (Lipinski definition) is 2. The van der Waals surface area contributed by atoms with Crippen LogP contribution in [0.1, 0.15) is 50.0 Å². The number of nitrogens with zero attached hydrogens (tertiary/aromatic N) is 1. The predicted molar refractivity (Wildman–Crippen MR) is 117 cm³/mol. The van der Waals surface area contributed by atoms with Gasteiger partial charge in [0.2, 0.25) is 11.7 Å². The molecule has 2 atom stereocenters. The van der Waals surface area contributed by atoms with Gasteiger partial charge in [-0.15, -0.1) is 0 Å². The zero-order valence-electron chi connectivity index (χ0n) is 18.3. The first-order valence-corrected chi connectivity index (χ1v) is 10.4. The number of hydrogen-bond acceptors (Lipinski definition) is 5. The van der Waals surface area contributed by atoms with E-state index in [-0.39, 0.29) is 16.3 Å². The van der Waals surface area contributed by atoms with Crippen LogP contribution in [0.15, 0.2) is 41.6 Å². The Labute approximate surface area is 197 Å². The molecule has 2 aromatic carbocycles. The molecule has 182 valence electrons. The van der Waals surface area contributed by atoms with Gasteiger partial charge >= 0.3 is 6.18 Å². The Bertz CT molecular complexity index is 1170. The Morgan fingerprint density at radius 1 is 1.24 bits per heavy atom. The molecule has 1 aliphatic rings. The van der Waals surface area contributed by atoms with E-state index in [1.165, 1.54) is 38.1 Å². The van der Waals surface area contributed by atoms with Crippen molar-refractivity contribution in [1.82, 2.24) is 0 Å². The first kappa shape index (κ1) is 25.6. The molecule has 6 nitrogen and oxygen atoms in total. The lowest BCUT2D eigenvalue weighted by Crippen LogP contribution is -2.57. The molecular weight excluding hydrogens is 480 g/mol. The third-order valence-electron chi connectivity index (χ3n) is 5.63. The van der Waals surface area contributed by atoms with Gasteiger partial charge in [-0.1, -0.05) is 36.7 Å². The number of oxime groups is 1. The van der Waals surface area contributed by atoms with Gasteiger partial charge in [0.15, 0.2) is 6.29 Å². The van der Waals surface area contributed by atoms with Crippen molar-refractivity contribution >= 4 is 35.2 Å². The normalized spacial score (nSPS) is 17.7. The highest BCUT2D eigenvalue weighted by atomic mass is 35.5. The molecule has 0 spiro atoms. The van der Waals surface area contributed by atoms with Crippen molar-refractivity contribution in [3.63, 3.8) is 0 Å². The molecule has 34 heavy (non-hydrogen) atoms. The van der Waals surface area contributed by atoms with Crippen LogP contribution in [0.5, 0.6) is 0 Å². The van der Waals surface area contributed by atoms with E-state index in [2.05, 4.69) is 10.5 Å². The minimum absolute atomic E-state index is 0.00478. The van der Waals surface area contributed by atoms with Gasteiger partial charge in [-0.2, -0.15) is 13.2 Å². The van der Waals surface area contributed by atoms with Crippen molar-refractivity contribution in [2.45, 2.75) is 50.5 Å². The van der Waals surface area contributed by atoms with E-state index in [4.69, 9.17) is 16.4 Å². The highest BCUT2D eigenvalue weighted by molar-refractivity contribution is 6.31. The molecule has 11 heteroatoms. The number of rotatable bonds is 6. The van der Waals surface area contributed by atoms with Crippen LogP contribution in [0.3, 0.4) is 0 Å². The standard InChI is InChI=1S/C23H21ClF4N2O4/c1-12-16-9-14(5-6-15(16)19(10-31)34-30-12)29-20(32)22(33,23(26,27)28)11-21(2,3)17-8-13(25)4-7-18(17)24/h4-10,19,33H,11H2,1-3H3,(H,29,32). The molecule has 0 bridgehead atoms. The second-order valence-corrected chi connectivity index (χ2v) is 9.05. The molecule has 0 aromatic heterocycles. The van der Waals surface area contributed by atoms with E-state index in [1.54, 1.807) is 6.92 Å². The Hall–Kier alpha value is -2.98. The van der Waals surface area contributed by atoms with E-state index in [1.807, 2.05) is 0 Å². The SMILES string of the molecule is CC1=NOC(C=O)c2ccc(NC(=O)C(O)(CC(C)(C)c3cc(F)ccc3Cl)C(F)(F)F)cc21. The number of alkyl halides is 3. The highest BCUT2D eigenvalue weighted by Gasteiger charge is 2.61. The summed E-state index contributed by atoms with van der Waals surface area (Å²) in [4.78, 5) is 29.0. The molecule has 0 aliphatic carbocycles. The number of fused-ring (bicyclic) bond motifs is 1. The summed E-state index contributed by atoms with van der Waals surface area (Å²) in [5.41, 5.74) is -4.28. The molecule has 0 fully saturated rings. The third kappa shape index (κ3) is 4.78. The maximum atomic E-state index is 14.0. The molecule has 3 rings (SSSR count).